The maximum Gasteiger partial charge on any atom is 0.407 e. The summed E-state index contributed by atoms with van der Waals surface area (Å²) in [6, 6.07) is 7.31. The van der Waals surface area contributed by atoms with E-state index in [1.165, 1.54) is 4.90 Å². The highest BCUT2D eigenvalue weighted by Crippen LogP contribution is 2.22. The molecule has 21 heavy (non-hydrogen) atoms. The number of rotatable bonds is 1. The van der Waals surface area contributed by atoms with Gasteiger partial charge in [0.2, 0.25) is 0 Å². The normalized spacial score (nSPS) is 15.5. The second-order valence-corrected chi connectivity index (χ2v) is 5.77. The summed E-state index contributed by atoms with van der Waals surface area (Å²) >= 11 is 3.34. The summed E-state index contributed by atoms with van der Waals surface area (Å²) in [6.45, 7) is 1.73. The van der Waals surface area contributed by atoms with E-state index in [-0.39, 0.29) is 0 Å². The van der Waals surface area contributed by atoms with Crippen LogP contribution >= 0.6 is 15.9 Å². The third-order valence-electron chi connectivity index (χ3n) is 3.57. The van der Waals surface area contributed by atoms with Crippen LogP contribution in [0.3, 0.4) is 0 Å². The van der Waals surface area contributed by atoms with Gasteiger partial charge in [-0.3, -0.25) is 0 Å². The number of hydrogen-bond acceptors (Lipinski definition) is 4. The third-order valence-corrected chi connectivity index (χ3v) is 4.06. The van der Waals surface area contributed by atoms with E-state index in [9.17, 15) is 9.59 Å². The van der Waals surface area contributed by atoms with Crippen molar-refractivity contribution in [1.82, 2.24) is 4.90 Å². The maximum atomic E-state index is 12.1. The number of fused-ring (bicyclic) bond motifs is 1. The molecule has 2 aromatic rings. The lowest BCUT2D eigenvalue weighted by molar-refractivity contribution is 0.142. The van der Waals surface area contributed by atoms with Gasteiger partial charge in [0.1, 0.15) is 11.3 Å². The summed E-state index contributed by atoms with van der Waals surface area (Å²) in [7, 11) is 0. The van der Waals surface area contributed by atoms with Crippen LogP contribution in [-0.4, -0.2) is 42.3 Å². The molecular weight excluding hydrogens is 340 g/mol. The first-order chi connectivity index (χ1) is 10.0. The van der Waals surface area contributed by atoms with E-state index in [1.807, 2.05) is 17.0 Å². The van der Waals surface area contributed by atoms with Crippen LogP contribution in [0.15, 0.2) is 37.9 Å². The zero-order chi connectivity index (χ0) is 15.0. The smallest absolute Gasteiger partial charge is 0.407 e. The number of halogens is 1. The zero-order valence-corrected chi connectivity index (χ0v) is 12.7. The van der Waals surface area contributed by atoms with Gasteiger partial charge in [0.05, 0.1) is 0 Å². The molecule has 0 saturated carbocycles. The first-order valence-corrected chi connectivity index (χ1v) is 7.30. The molecule has 1 amide bonds. The summed E-state index contributed by atoms with van der Waals surface area (Å²) in [6.07, 6.45) is -0.926. The van der Waals surface area contributed by atoms with Crippen molar-refractivity contribution in [3.63, 3.8) is 0 Å². The summed E-state index contributed by atoms with van der Waals surface area (Å²) in [5.74, 6) is 0. The molecule has 1 aliphatic rings. The van der Waals surface area contributed by atoms with Crippen LogP contribution in [-0.2, 0) is 0 Å². The van der Waals surface area contributed by atoms with Gasteiger partial charge in [-0.1, -0.05) is 22.0 Å². The minimum Gasteiger partial charge on any atom is -0.465 e. The molecule has 1 N–H and O–H groups in total. The van der Waals surface area contributed by atoms with Crippen LogP contribution in [0.25, 0.3) is 11.0 Å². The van der Waals surface area contributed by atoms with Crippen molar-refractivity contribution < 1.29 is 14.3 Å². The highest BCUT2D eigenvalue weighted by molar-refractivity contribution is 9.10. The lowest BCUT2D eigenvalue weighted by atomic mass is 10.2. The van der Waals surface area contributed by atoms with Gasteiger partial charge in [0.25, 0.3) is 0 Å². The van der Waals surface area contributed by atoms with Crippen molar-refractivity contribution >= 4 is 38.7 Å². The van der Waals surface area contributed by atoms with Crippen molar-refractivity contribution in [3.8, 4) is 0 Å². The molecule has 0 spiro atoms. The molecule has 0 unspecified atom stereocenters. The molecule has 1 aromatic heterocycles. The first-order valence-electron chi connectivity index (χ1n) is 6.51. The molecule has 1 aromatic carbocycles. The number of benzene rings is 1. The molecule has 0 bridgehead atoms. The Hall–Kier alpha value is -2.02. The largest absolute Gasteiger partial charge is 0.465 e. The van der Waals surface area contributed by atoms with Gasteiger partial charge in [0, 0.05) is 36.0 Å². The van der Waals surface area contributed by atoms with E-state index in [0.717, 1.165) is 9.86 Å². The van der Waals surface area contributed by atoms with E-state index in [1.54, 1.807) is 12.1 Å². The fourth-order valence-electron chi connectivity index (χ4n) is 2.43. The van der Waals surface area contributed by atoms with Gasteiger partial charge in [-0.25, -0.2) is 9.59 Å². The lowest BCUT2D eigenvalue weighted by Gasteiger charge is -2.33. The fraction of sp³-hybridized carbons (Fsp3) is 0.286. The number of carbonyl (C=O) groups is 1. The monoisotopic (exact) mass is 352 g/mol. The van der Waals surface area contributed by atoms with E-state index in [4.69, 9.17) is 9.52 Å². The second-order valence-electron chi connectivity index (χ2n) is 4.86. The average Bonchev–Trinajstić information content (AvgIpc) is 2.46. The van der Waals surface area contributed by atoms with Gasteiger partial charge in [-0.2, -0.15) is 0 Å². The van der Waals surface area contributed by atoms with E-state index in [2.05, 4.69) is 15.9 Å². The van der Waals surface area contributed by atoms with Crippen LogP contribution in [0.1, 0.15) is 0 Å². The Morgan fingerprint density at radius 2 is 1.90 bits per heavy atom. The Labute approximate surface area is 128 Å². The summed E-state index contributed by atoms with van der Waals surface area (Å²) < 4.78 is 6.19. The molecule has 3 rings (SSSR count). The Bertz CT molecular complexity index is 750. The van der Waals surface area contributed by atoms with Crippen molar-refractivity contribution in [2.75, 3.05) is 31.1 Å². The van der Waals surface area contributed by atoms with Crippen LogP contribution in [0, 0.1) is 0 Å². The van der Waals surface area contributed by atoms with Gasteiger partial charge in [0.15, 0.2) is 0 Å². The van der Waals surface area contributed by atoms with Crippen molar-refractivity contribution in [3.05, 3.63) is 39.2 Å². The highest BCUT2D eigenvalue weighted by atomic mass is 79.9. The van der Waals surface area contributed by atoms with E-state index >= 15 is 0 Å². The van der Waals surface area contributed by atoms with Crippen LogP contribution < -0.4 is 10.5 Å². The standard InChI is InChI=1S/C14H13BrN2O4/c15-10-2-1-9-7-11(13(18)21-12(9)8-10)16-3-5-17(6-4-16)14(19)20/h1-2,7-8H,3-6H2,(H,19,20). The molecule has 1 aliphatic heterocycles. The summed E-state index contributed by atoms with van der Waals surface area (Å²) in [4.78, 5) is 26.2. The maximum absolute atomic E-state index is 12.1. The summed E-state index contributed by atoms with van der Waals surface area (Å²) in [5, 5.41) is 9.78. The minimum absolute atomic E-state index is 0.382. The molecule has 7 heteroatoms. The number of piperazine rings is 1. The predicted octanol–water partition coefficient (Wildman–Crippen LogP) is 2.36. The van der Waals surface area contributed by atoms with Gasteiger partial charge in [-0.15, -0.1) is 0 Å². The molecular formula is C14H13BrN2O4. The molecule has 1 fully saturated rings. The van der Waals surface area contributed by atoms with Crippen LogP contribution in [0.2, 0.25) is 0 Å². The van der Waals surface area contributed by atoms with Crippen LogP contribution in [0.4, 0.5) is 10.5 Å². The molecule has 0 aliphatic carbocycles. The summed E-state index contributed by atoms with van der Waals surface area (Å²) in [5.41, 5.74) is 0.613. The lowest BCUT2D eigenvalue weighted by Crippen LogP contribution is -2.49. The predicted molar refractivity (Wildman–Crippen MR) is 82.0 cm³/mol. The Kier molecular flexibility index (Phi) is 3.59. The van der Waals surface area contributed by atoms with Crippen molar-refractivity contribution in [2.24, 2.45) is 0 Å². The quantitative estimate of drug-likeness (QED) is 0.797. The van der Waals surface area contributed by atoms with Crippen molar-refractivity contribution in [1.29, 1.82) is 0 Å². The minimum atomic E-state index is -0.926. The highest BCUT2D eigenvalue weighted by Gasteiger charge is 2.22. The molecule has 1 saturated heterocycles. The topological polar surface area (TPSA) is 74.0 Å². The average molecular weight is 353 g/mol. The van der Waals surface area contributed by atoms with Gasteiger partial charge in [-0.05, 0) is 18.2 Å². The molecule has 0 radical (unpaired) electrons. The second kappa shape index (κ2) is 5.40. The number of amides is 1. The Balaban J connectivity index is 1.91. The third kappa shape index (κ3) is 2.73. The number of carboxylic acid groups (broad SMARTS) is 1. The van der Waals surface area contributed by atoms with Gasteiger partial charge >= 0.3 is 11.7 Å². The molecule has 6 nitrogen and oxygen atoms in total. The van der Waals surface area contributed by atoms with Gasteiger partial charge < -0.3 is 19.3 Å². The number of anilines is 1. The van der Waals surface area contributed by atoms with Crippen molar-refractivity contribution in [2.45, 2.75) is 0 Å². The Morgan fingerprint density at radius 1 is 1.19 bits per heavy atom. The Morgan fingerprint density at radius 3 is 2.57 bits per heavy atom. The number of hydrogen-bond donors (Lipinski definition) is 1. The fourth-order valence-corrected chi connectivity index (χ4v) is 2.77. The molecule has 2 heterocycles. The van der Waals surface area contributed by atoms with E-state index in [0.29, 0.717) is 37.4 Å². The van der Waals surface area contributed by atoms with Crippen LogP contribution in [0.5, 0.6) is 0 Å². The molecule has 0 atom stereocenters. The molecule has 110 valence electrons. The number of nitrogens with zero attached hydrogens (tertiary/aromatic N) is 2. The SMILES string of the molecule is O=C(O)N1CCN(c2cc3ccc(Br)cc3oc2=O)CC1. The van der Waals surface area contributed by atoms with E-state index < -0.39 is 11.7 Å². The first kappa shape index (κ1) is 13.9. The zero-order valence-electron chi connectivity index (χ0n) is 11.1.